The molecule has 2 aromatic carbocycles. The topological polar surface area (TPSA) is 52.6 Å². The molecule has 0 spiro atoms. The van der Waals surface area contributed by atoms with Crippen molar-refractivity contribution in [3.05, 3.63) is 48.0 Å². The predicted molar refractivity (Wildman–Crippen MR) is 102 cm³/mol. The quantitative estimate of drug-likeness (QED) is 0.850. The zero-order valence-electron chi connectivity index (χ0n) is 14.9. The Bertz CT molecular complexity index is 708. The number of amides is 1. The summed E-state index contributed by atoms with van der Waals surface area (Å²) < 4.78 is 0. The highest BCUT2D eigenvalue weighted by molar-refractivity contribution is 5.85. The van der Waals surface area contributed by atoms with Gasteiger partial charge < -0.3 is 15.3 Å². The number of benzene rings is 2. The molecule has 1 atom stereocenters. The molecule has 2 aromatic rings. The van der Waals surface area contributed by atoms with Gasteiger partial charge in [0.15, 0.2) is 0 Å². The van der Waals surface area contributed by atoms with Gasteiger partial charge in [0.2, 0.25) is 5.91 Å². The van der Waals surface area contributed by atoms with Crippen molar-refractivity contribution in [1.82, 2.24) is 10.2 Å². The first-order valence-electron chi connectivity index (χ1n) is 9.25. The van der Waals surface area contributed by atoms with E-state index in [2.05, 4.69) is 35.3 Å². The van der Waals surface area contributed by atoms with Gasteiger partial charge in [-0.15, -0.1) is 0 Å². The number of β-amino-alcohol motifs (C(OH)–C–C–N with tert-alkyl or cyclic N) is 1. The Kier molecular flexibility index (Phi) is 6.05. The van der Waals surface area contributed by atoms with E-state index >= 15 is 0 Å². The van der Waals surface area contributed by atoms with E-state index in [1.807, 2.05) is 24.3 Å². The number of nitrogens with one attached hydrogen (secondary N) is 1. The lowest BCUT2D eigenvalue weighted by Gasteiger charge is -2.31. The van der Waals surface area contributed by atoms with Crippen LogP contribution in [-0.2, 0) is 11.2 Å². The molecular formula is C21H28N2O2. The maximum atomic E-state index is 12.2. The van der Waals surface area contributed by atoms with Crippen LogP contribution in [0.2, 0.25) is 0 Å². The third kappa shape index (κ3) is 5.28. The highest BCUT2D eigenvalue weighted by Crippen LogP contribution is 2.17. The van der Waals surface area contributed by atoms with E-state index in [0.29, 0.717) is 19.5 Å². The fraction of sp³-hybridized carbons (Fsp3) is 0.476. The highest BCUT2D eigenvalue weighted by atomic mass is 16.3. The summed E-state index contributed by atoms with van der Waals surface area (Å²) in [7, 11) is 0. The van der Waals surface area contributed by atoms with E-state index in [1.54, 1.807) is 0 Å². The number of aliphatic hydroxyl groups excluding tert-OH is 1. The van der Waals surface area contributed by atoms with Gasteiger partial charge in [0.05, 0.1) is 12.5 Å². The molecule has 2 N–H and O–H groups in total. The molecule has 25 heavy (non-hydrogen) atoms. The van der Waals surface area contributed by atoms with Crippen molar-refractivity contribution in [3.8, 4) is 0 Å². The second-order valence-electron chi connectivity index (χ2n) is 7.30. The summed E-state index contributed by atoms with van der Waals surface area (Å²) in [5.41, 5.74) is 0.996. The van der Waals surface area contributed by atoms with Crippen LogP contribution < -0.4 is 5.32 Å². The number of carbonyl (C=O) groups is 1. The number of fused-ring (bicyclic) bond motifs is 1. The Morgan fingerprint density at radius 3 is 2.68 bits per heavy atom. The average molecular weight is 340 g/mol. The second-order valence-corrected chi connectivity index (χ2v) is 7.30. The molecule has 1 amide bonds. The molecule has 0 bridgehead atoms. The number of likely N-dealkylation sites (tertiary alicyclic amines) is 1. The minimum atomic E-state index is -0.506. The third-order valence-electron chi connectivity index (χ3n) is 5.06. The van der Waals surface area contributed by atoms with Gasteiger partial charge in [-0.25, -0.2) is 0 Å². The Hall–Kier alpha value is -1.91. The van der Waals surface area contributed by atoms with Crippen molar-refractivity contribution in [1.29, 1.82) is 0 Å². The van der Waals surface area contributed by atoms with E-state index in [9.17, 15) is 9.90 Å². The molecule has 1 heterocycles. The van der Waals surface area contributed by atoms with Crippen LogP contribution in [0.4, 0.5) is 0 Å². The molecule has 0 aliphatic carbocycles. The third-order valence-corrected chi connectivity index (χ3v) is 5.06. The lowest BCUT2D eigenvalue weighted by atomic mass is 9.99. The molecule has 1 aliphatic heterocycles. The van der Waals surface area contributed by atoms with Gasteiger partial charge in [0.1, 0.15) is 0 Å². The van der Waals surface area contributed by atoms with E-state index in [4.69, 9.17) is 0 Å². The molecule has 0 radical (unpaired) electrons. The predicted octanol–water partition coefficient (Wildman–Crippen LogP) is 2.59. The van der Waals surface area contributed by atoms with E-state index < -0.39 is 6.10 Å². The Morgan fingerprint density at radius 1 is 1.20 bits per heavy atom. The summed E-state index contributed by atoms with van der Waals surface area (Å²) in [4.78, 5) is 14.4. The van der Waals surface area contributed by atoms with E-state index in [-0.39, 0.29) is 5.91 Å². The smallest absolute Gasteiger partial charge is 0.224 e. The molecular weight excluding hydrogens is 312 g/mol. The molecule has 1 aliphatic rings. The van der Waals surface area contributed by atoms with Crippen LogP contribution in [0.15, 0.2) is 42.5 Å². The summed E-state index contributed by atoms with van der Waals surface area (Å²) in [5.74, 6) is 0.747. The summed E-state index contributed by atoms with van der Waals surface area (Å²) >= 11 is 0. The van der Waals surface area contributed by atoms with Gasteiger partial charge in [-0.2, -0.15) is 0 Å². The normalized spacial score (nSPS) is 17.5. The molecule has 0 aromatic heterocycles. The second kappa shape index (κ2) is 8.45. The van der Waals surface area contributed by atoms with Crippen molar-refractivity contribution >= 4 is 16.7 Å². The van der Waals surface area contributed by atoms with Crippen molar-refractivity contribution in [3.63, 3.8) is 0 Å². The molecule has 1 unspecified atom stereocenters. The first-order chi connectivity index (χ1) is 12.1. The standard InChI is InChI=1S/C21H28N2O2/c1-16-8-10-23(11-9-16)15-20(24)14-22-21(25)13-17-6-7-18-4-2-3-5-19(18)12-17/h2-7,12,16,20,24H,8-11,13-15H2,1H3,(H,22,25). The van der Waals surface area contributed by atoms with Gasteiger partial charge in [-0.1, -0.05) is 49.4 Å². The fourth-order valence-corrected chi connectivity index (χ4v) is 3.44. The van der Waals surface area contributed by atoms with Gasteiger partial charge in [0.25, 0.3) is 0 Å². The minimum Gasteiger partial charge on any atom is -0.390 e. The number of hydrogen-bond acceptors (Lipinski definition) is 3. The van der Waals surface area contributed by atoms with Gasteiger partial charge in [-0.3, -0.25) is 4.79 Å². The summed E-state index contributed by atoms with van der Waals surface area (Å²) in [6.07, 6.45) is 2.23. The van der Waals surface area contributed by atoms with Crippen LogP contribution in [0.3, 0.4) is 0 Å². The number of carbonyl (C=O) groups excluding carboxylic acids is 1. The van der Waals surface area contributed by atoms with Crippen LogP contribution in [0.25, 0.3) is 10.8 Å². The molecule has 1 saturated heterocycles. The van der Waals surface area contributed by atoms with Crippen molar-refractivity contribution in [2.24, 2.45) is 5.92 Å². The van der Waals surface area contributed by atoms with Crippen LogP contribution in [-0.4, -0.2) is 48.2 Å². The minimum absolute atomic E-state index is 0.0402. The first-order valence-corrected chi connectivity index (χ1v) is 9.25. The summed E-state index contributed by atoms with van der Waals surface area (Å²) in [6, 6.07) is 14.2. The van der Waals surface area contributed by atoms with Gasteiger partial charge in [-0.05, 0) is 48.2 Å². The van der Waals surface area contributed by atoms with Crippen LogP contribution in [0, 0.1) is 5.92 Å². The average Bonchev–Trinajstić information content (AvgIpc) is 2.62. The molecule has 134 valence electrons. The number of piperidine rings is 1. The maximum absolute atomic E-state index is 12.2. The van der Waals surface area contributed by atoms with Crippen LogP contribution >= 0.6 is 0 Å². The SMILES string of the molecule is CC1CCN(CC(O)CNC(=O)Cc2ccc3ccccc3c2)CC1. The van der Waals surface area contributed by atoms with Gasteiger partial charge in [0, 0.05) is 13.1 Å². The molecule has 4 heteroatoms. The van der Waals surface area contributed by atoms with Gasteiger partial charge >= 0.3 is 0 Å². The molecule has 3 rings (SSSR count). The number of rotatable bonds is 6. The van der Waals surface area contributed by atoms with Crippen molar-refractivity contribution < 1.29 is 9.90 Å². The number of nitrogens with zero attached hydrogens (tertiary/aromatic N) is 1. The number of aliphatic hydroxyl groups is 1. The lowest BCUT2D eigenvalue weighted by molar-refractivity contribution is -0.121. The molecule has 1 fully saturated rings. The first kappa shape index (κ1) is 17.9. The summed E-state index contributed by atoms with van der Waals surface area (Å²) in [5, 5.41) is 15.4. The number of hydrogen-bond donors (Lipinski definition) is 2. The largest absolute Gasteiger partial charge is 0.390 e. The van der Waals surface area contributed by atoms with Crippen molar-refractivity contribution in [2.75, 3.05) is 26.2 Å². The maximum Gasteiger partial charge on any atom is 0.224 e. The monoisotopic (exact) mass is 340 g/mol. The van der Waals surface area contributed by atoms with E-state index in [0.717, 1.165) is 30.0 Å². The lowest BCUT2D eigenvalue weighted by Crippen LogP contribution is -2.43. The van der Waals surface area contributed by atoms with Crippen LogP contribution in [0.1, 0.15) is 25.3 Å². The van der Waals surface area contributed by atoms with Crippen molar-refractivity contribution in [2.45, 2.75) is 32.3 Å². The Labute approximate surface area is 149 Å². The Morgan fingerprint density at radius 2 is 1.92 bits per heavy atom. The zero-order chi connectivity index (χ0) is 17.6. The molecule has 0 saturated carbocycles. The molecule has 4 nitrogen and oxygen atoms in total. The zero-order valence-corrected chi connectivity index (χ0v) is 14.9. The highest BCUT2D eigenvalue weighted by Gasteiger charge is 2.18. The van der Waals surface area contributed by atoms with Crippen LogP contribution in [0.5, 0.6) is 0 Å². The fourth-order valence-electron chi connectivity index (χ4n) is 3.44. The Balaban J connectivity index is 1.43. The van der Waals surface area contributed by atoms with E-state index in [1.165, 1.54) is 18.2 Å². The summed E-state index contributed by atoms with van der Waals surface area (Å²) in [6.45, 7) is 5.33.